The van der Waals surface area contributed by atoms with E-state index >= 15 is 0 Å². The molecule has 0 radical (unpaired) electrons. The Morgan fingerprint density at radius 1 is 0.983 bits per heavy atom. The number of aromatic carboxylic acids is 1. The van der Waals surface area contributed by atoms with Gasteiger partial charge in [-0.2, -0.15) is 0 Å². The van der Waals surface area contributed by atoms with E-state index in [1.54, 1.807) is 42.9 Å². The number of amides is 3. The van der Waals surface area contributed by atoms with Gasteiger partial charge in [0.1, 0.15) is 11.5 Å². The third kappa shape index (κ3) is 11.5. The Bertz CT molecular complexity index is 1920. The molecule has 2 fully saturated rings. The molecule has 2 aliphatic rings. The van der Waals surface area contributed by atoms with E-state index < -0.39 is 29.2 Å². The minimum absolute atomic E-state index is 0.0149. The highest BCUT2D eigenvalue weighted by Crippen LogP contribution is 2.44. The topological polar surface area (TPSA) is 189 Å². The number of aryl methyl sites for hydroxylation is 1. The number of unbranched alkanes of at least 4 members (excludes halogenated alkanes) is 1. The van der Waals surface area contributed by atoms with Crippen LogP contribution in [0.1, 0.15) is 117 Å². The molecule has 0 aliphatic heterocycles. The summed E-state index contributed by atoms with van der Waals surface area (Å²) < 4.78 is 12.3. The van der Waals surface area contributed by atoms with Crippen LogP contribution in [0.25, 0.3) is 11.1 Å². The maximum absolute atomic E-state index is 14.2. The number of hydrogen-bond donors (Lipinski definition) is 4. The van der Waals surface area contributed by atoms with E-state index in [2.05, 4.69) is 22.7 Å². The molecule has 3 amide bonds. The lowest BCUT2D eigenvalue weighted by Gasteiger charge is -2.35. The Balaban J connectivity index is 1.22. The number of halogens is 1. The third-order valence-corrected chi connectivity index (χ3v) is 12.0. The number of ether oxygens (including phenoxy) is 2. The number of carboxylic acid groups (broad SMARTS) is 2. The van der Waals surface area contributed by atoms with Crippen LogP contribution in [0.5, 0.6) is 0 Å². The molecule has 1 aromatic heterocycles. The van der Waals surface area contributed by atoms with E-state index in [-0.39, 0.29) is 72.9 Å². The average Bonchev–Trinajstić information content (AvgIpc) is 3.84. The monoisotopic (exact) mass is 835 g/mol. The summed E-state index contributed by atoms with van der Waals surface area (Å²) in [5.74, 6) is -3.43. The molecule has 1 heterocycles. The Kier molecular flexibility index (Phi) is 16.5. The summed E-state index contributed by atoms with van der Waals surface area (Å²) in [4.78, 5) is 70.2. The summed E-state index contributed by atoms with van der Waals surface area (Å²) in [5, 5.41) is 24.1. The minimum Gasteiger partial charge on any atom is -0.481 e. The number of carbonyl (C=O) groups excluding carboxylic acids is 3. The predicted molar refractivity (Wildman–Crippen MR) is 222 cm³/mol. The van der Waals surface area contributed by atoms with E-state index in [1.165, 1.54) is 5.01 Å². The normalized spacial score (nSPS) is 17.9. The van der Waals surface area contributed by atoms with Crippen LogP contribution in [-0.4, -0.2) is 94.0 Å². The number of carboxylic acids is 2. The van der Waals surface area contributed by atoms with Gasteiger partial charge in [0.15, 0.2) is 5.15 Å². The zero-order valence-corrected chi connectivity index (χ0v) is 35.1. The lowest BCUT2D eigenvalue weighted by Crippen LogP contribution is -2.51. The molecule has 3 aromatic rings. The quantitative estimate of drug-likeness (QED) is 0.0698. The number of methoxy groups -OCH3 is 1. The molecule has 15 heteroatoms. The Labute approximate surface area is 351 Å². The van der Waals surface area contributed by atoms with E-state index in [1.807, 2.05) is 24.3 Å². The number of hydrogen-bond acceptors (Lipinski definition) is 8. The predicted octanol–water partition coefficient (Wildman–Crippen LogP) is 6.78. The molecule has 0 saturated heterocycles. The summed E-state index contributed by atoms with van der Waals surface area (Å²) in [7, 11) is 1.55. The van der Waals surface area contributed by atoms with Crippen molar-refractivity contribution in [2.75, 3.05) is 33.5 Å². The first kappa shape index (κ1) is 45.3. The van der Waals surface area contributed by atoms with Gasteiger partial charge < -0.3 is 29.6 Å². The van der Waals surface area contributed by atoms with Crippen molar-refractivity contribution in [2.45, 2.75) is 103 Å². The summed E-state index contributed by atoms with van der Waals surface area (Å²) in [6.45, 7) is 4.95. The van der Waals surface area contributed by atoms with Gasteiger partial charge in [-0.1, -0.05) is 80.3 Å². The van der Waals surface area contributed by atoms with Gasteiger partial charge in [0.2, 0.25) is 11.8 Å². The second kappa shape index (κ2) is 21.5. The van der Waals surface area contributed by atoms with Crippen molar-refractivity contribution in [3.8, 4) is 11.1 Å². The van der Waals surface area contributed by atoms with Crippen LogP contribution in [0.4, 0.5) is 0 Å². The Morgan fingerprint density at radius 3 is 2.31 bits per heavy atom. The fourth-order valence-electron chi connectivity index (χ4n) is 8.36. The average molecular weight is 836 g/mol. The molecule has 2 aromatic carbocycles. The summed E-state index contributed by atoms with van der Waals surface area (Å²) in [5.41, 5.74) is 4.64. The molecule has 320 valence electrons. The Hall–Kier alpha value is -4.79. The molecule has 2 saturated carbocycles. The first-order valence-electron chi connectivity index (χ1n) is 20.8. The number of imidazole rings is 1. The molecule has 0 spiro atoms. The van der Waals surface area contributed by atoms with Gasteiger partial charge >= 0.3 is 11.9 Å². The maximum atomic E-state index is 14.2. The van der Waals surface area contributed by atoms with E-state index in [0.717, 1.165) is 36.8 Å². The van der Waals surface area contributed by atoms with Crippen LogP contribution in [0.15, 0.2) is 48.5 Å². The molecule has 4 N–H and O–H groups in total. The number of benzene rings is 2. The van der Waals surface area contributed by atoms with E-state index in [9.17, 15) is 34.2 Å². The number of hydrazine groups is 1. The highest BCUT2D eigenvalue weighted by Gasteiger charge is 2.45. The van der Waals surface area contributed by atoms with Crippen LogP contribution in [0.3, 0.4) is 0 Å². The molecule has 0 bridgehead atoms. The van der Waals surface area contributed by atoms with Crippen molar-refractivity contribution < 1.29 is 43.7 Å². The largest absolute Gasteiger partial charge is 0.481 e. The molecule has 2 aliphatic carbocycles. The van der Waals surface area contributed by atoms with Crippen LogP contribution < -0.4 is 10.7 Å². The van der Waals surface area contributed by atoms with Gasteiger partial charge in [-0.05, 0) is 81.0 Å². The number of rotatable bonds is 20. The molecule has 5 rings (SSSR count). The van der Waals surface area contributed by atoms with Gasteiger partial charge in [-0.15, -0.1) is 0 Å². The first-order chi connectivity index (χ1) is 28.4. The molecule has 1 unspecified atom stereocenters. The van der Waals surface area contributed by atoms with Crippen molar-refractivity contribution in [3.63, 3.8) is 0 Å². The lowest BCUT2D eigenvalue weighted by atomic mass is 9.76. The van der Waals surface area contributed by atoms with Crippen LogP contribution >= 0.6 is 11.6 Å². The summed E-state index contributed by atoms with van der Waals surface area (Å²) >= 11 is 6.70. The molecular weight excluding hydrogens is 778 g/mol. The maximum Gasteiger partial charge on any atom is 0.336 e. The number of nitrogens with one attached hydrogen (secondary N) is 2. The number of carbonyl (C=O) groups is 5. The standard InChI is InChI=1S/C44H58ClN5O9/c1-4-6-13-36-47-38(45)37(49(36)27-29-14-16-30(17-15-29)34-11-7-8-12-35(34)42(55)56)40(52)50(5-2)48-39(51)31-18-20-33(21-19-31)46-43(57)44(22-9-10-23-44)26-32(41(53)54)28-59-25-24-58-3/h7-8,11-12,14-17,31-33H,4-6,9-10,13,18-28H2,1-3H3,(H,46,57)(H,48,51)(H,53,54)(H,55,56). The number of aliphatic carboxylic acids is 1. The van der Waals surface area contributed by atoms with E-state index in [4.69, 9.17) is 21.1 Å². The smallest absolute Gasteiger partial charge is 0.336 e. The SMILES string of the molecule is CCCCc1nc(Cl)c(C(=O)N(CC)NC(=O)C2CCC(NC(=O)C3(CC(COCCOC)C(=O)O)CCCC3)CC2)n1Cc1ccc(-c2ccccc2C(=O)O)cc1. The van der Waals surface area contributed by atoms with Crippen molar-refractivity contribution >= 4 is 41.3 Å². The highest BCUT2D eigenvalue weighted by molar-refractivity contribution is 6.32. The molecular formula is C44H58ClN5O9. The lowest BCUT2D eigenvalue weighted by molar-refractivity contribution is -0.147. The summed E-state index contributed by atoms with van der Waals surface area (Å²) in [6, 6.07) is 14.1. The van der Waals surface area contributed by atoms with Gasteiger partial charge in [0.05, 0.1) is 36.7 Å². The fourth-order valence-corrected chi connectivity index (χ4v) is 8.64. The zero-order valence-electron chi connectivity index (χ0n) is 34.3. The minimum atomic E-state index is -1.01. The van der Waals surface area contributed by atoms with Gasteiger partial charge in [0, 0.05) is 38.6 Å². The molecule has 59 heavy (non-hydrogen) atoms. The van der Waals surface area contributed by atoms with Crippen molar-refractivity contribution in [3.05, 3.63) is 76.3 Å². The summed E-state index contributed by atoms with van der Waals surface area (Å²) in [6.07, 6.45) is 7.66. The van der Waals surface area contributed by atoms with Crippen LogP contribution in [-0.2, 0) is 36.8 Å². The number of nitrogens with zero attached hydrogens (tertiary/aromatic N) is 3. The Morgan fingerprint density at radius 2 is 1.68 bits per heavy atom. The van der Waals surface area contributed by atoms with Crippen molar-refractivity contribution in [2.24, 2.45) is 17.3 Å². The highest BCUT2D eigenvalue weighted by atomic mass is 35.5. The number of aromatic nitrogens is 2. The van der Waals surface area contributed by atoms with Crippen molar-refractivity contribution in [1.82, 2.24) is 25.3 Å². The van der Waals surface area contributed by atoms with Crippen molar-refractivity contribution in [1.29, 1.82) is 0 Å². The third-order valence-electron chi connectivity index (χ3n) is 11.7. The first-order valence-corrected chi connectivity index (χ1v) is 21.2. The molecule has 1 atom stereocenters. The van der Waals surface area contributed by atoms with Gasteiger partial charge in [0.25, 0.3) is 5.91 Å². The second-order valence-corrected chi connectivity index (χ2v) is 16.1. The zero-order chi connectivity index (χ0) is 42.5. The van der Waals surface area contributed by atoms with Gasteiger partial charge in [-0.3, -0.25) is 24.6 Å². The van der Waals surface area contributed by atoms with Gasteiger partial charge in [-0.25, -0.2) is 14.8 Å². The van der Waals surface area contributed by atoms with E-state index in [0.29, 0.717) is 62.9 Å². The van der Waals surface area contributed by atoms with Crippen LogP contribution in [0.2, 0.25) is 5.15 Å². The second-order valence-electron chi connectivity index (χ2n) is 15.7. The van der Waals surface area contributed by atoms with Crippen LogP contribution in [0, 0.1) is 17.3 Å². The fraction of sp³-hybridized carbons (Fsp3) is 0.545. The molecule has 14 nitrogen and oxygen atoms in total.